The topological polar surface area (TPSA) is 29.5 Å². The van der Waals surface area contributed by atoms with Crippen LogP contribution in [0.5, 0.6) is 0 Å². The third-order valence-electron chi connectivity index (χ3n) is 1.83. The molecule has 2 nitrogen and oxygen atoms in total. The van der Waals surface area contributed by atoms with Crippen molar-refractivity contribution in [2.75, 3.05) is 13.2 Å². The van der Waals surface area contributed by atoms with Crippen LogP contribution in [0, 0.1) is 5.92 Å². The van der Waals surface area contributed by atoms with Crippen LogP contribution >= 0.6 is 0 Å². The van der Waals surface area contributed by atoms with Crippen molar-refractivity contribution in [1.29, 1.82) is 0 Å². The van der Waals surface area contributed by atoms with E-state index in [0.717, 1.165) is 19.4 Å². The van der Waals surface area contributed by atoms with Crippen molar-refractivity contribution < 1.29 is 9.84 Å². The molecular weight excluding hydrogens is 140 g/mol. The van der Waals surface area contributed by atoms with Crippen LogP contribution in [-0.4, -0.2) is 24.4 Å². The van der Waals surface area contributed by atoms with Crippen molar-refractivity contribution in [3.05, 3.63) is 0 Å². The zero-order chi connectivity index (χ0) is 8.69. The highest BCUT2D eigenvalue weighted by molar-refractivity contribution is 4.62. The zero-order valence-corrected chi connectivity index (χ0v) is 7.84. The van der Waals surface area contributed by atoms with Crippen molar-refractivity contribution in [3.8, 4) is 0 Å². The lowest BCUT2D eigenvalue weighted by Crippen LogP contribution is -2.21. The van der Waals surface area contributed by atoms with Crippen molar-refractivity contribution >= 4 is 0 Å². The quantitative estimate of drug-likeness (QED) is 0.642. The number of ether oxygens (including phenoxy) is 1. The highest BCUT2D eigenvalue weighted by atomic mass is 16.5. The van der Waals surface area contributed by atoms with Gasteiger partial charge in [-0.2, -0.15) is 0 Å². The second-order valence-corrected chi connectivity index (χ2v) is 2.99. The molecule has 0 aliphatic rings. The minimum absolute atomic E-state index is 0.188. The summed E-state index contributed by atoms with van der Waals surface area (Å²) in [6.45, 7) is 7.49. The maximum atomic E-state index is 9.46. The van der Waals surface area contributed by atoms with Crippen LogP contribution < -0.4 is 0 Å². The molecule has 0 rings (SSSR count). The molecule has 1 N–H and O–H groups in total. The van der Waals surface area contributed by atoms with E-state index in [1.807, 2.05) is 13.8 Å². The third kappa shape index (κ3) is 5.22. The van der Waals surface area contributed by atoms with Crippen LogP contribution in [0.2, 0.25) is 0 Å². The van der Waals surface area contributed by atoms with Crippen LogP contribution in [-0.2, 0) is 4.74 Å². The molecule has 0 spiro atoms. The third-order valence-corrected chi connectivity index (χ3v) is 1.83. The molecule has 0 saturated heterocycles. The Labute approximate surface area is 69.6 Å². The van der Waals surface area contributed by atoms with Gasteiger partial charge in [0.15, 0.2) is 0 Å². The first-order valence-corrected chi connectivity index (χ1v) is 4.48. The molecule has 0 aromatic heterocycles. The smallest absolute Gasteiger partial charge is 0.0587 e. The summed E-state index contributed by atoms with van der Waals surface area (Å²) >= 11 is 0. The van der Waals surface area contributed by atoms with Crippen LogP contribution in [0.1, 0.15) is 33.6 Å². The molecule has 0 radical (unpaired) electrons. The van der Waals surface area contributed by atoms with E-state index in [1.54, 1.807) is 0 Å². The Morgan fingerprint density at radius 1 is 1.36 bits per heavy atom. The molecule has 2 atom stereocenters. The Kier molecular flexibility index (Phi) is 6.57. The Bertz CT molecular complexity index is 83.6. The molecule has 0 aromatic carbocycles. The van der Waals surface area contributed by atoms with Crippen LogP contribution in [0.15, 0.2) is 0 Å². The average Bonchev–Trinajstić information content (AvgIpc) is 2.00. The van der Waals surface area contributed by atoms with Gasteiger partial charge >= 0.3 is 0 Å². The Hall–Kier alpha value is -0.0800. The van der Waals surface area contributed by atoms with Gasteiger partial charge < -0.3 is 9.84 Å². The van der Waals surface area contributed by atoms with Gasteiger partial charge in [-0.3, -0.25) is 0 Å². The van der Waals surface area contributed by atoms with E-state index in [4.69, 9.17) is 4.74 Å². The molecule has 68 valence electrons. The molecule has 0 aromatic rings. The second-order valence-electron chi connectivity index (χ2n) is 2.99. The van der Waals surface area contributed by atoms with Gasteiger partial charge in [-0.15, -0.1) is 0 Å². The normalized spacial score (nSPS) is 16.4. The van der Waals surface area contributed by atoms with E-state index in [2.05, 4.69) is 6.92 Å². The standard InChI is InChI=1S/C9H20O2/c1-4-6-9(10)8(3)7-11-5-2/h8-10H,4-7H2,1-3H3. The summed E-state index contributed by atoms with van der Waals surface area (Å²) < 4.78 is 5.20. The number of rotatable bonds is 6. The van der Waals surface area contributed by atoms with Gasteiger partial charge in [0.1, 0.15) is 0 Å². The first-order valence-electron chi connectivity index (χ1n) is 4.48. The molecule has 0 fully saturated rings. The fourth-order valence-electron chi connectivity index (χ4n) is 0.995. The summed E-state index contributed by atoms with van der Waals surface area (Å²) in [6, 6.07) is 0. The molecule has 0 amide bonds. The highest BCUT2D eigenvalue weighted by Crippen LogP contribution is 2.08. The van der Waals surface area contributed by atoms with Crippen LogP contribution in [0.4, 0.5) is 0 Å². The monoisotopic (exact) mass is 160 g/mol. The van der Waals surface area contributed by atoms with Crippen molar-refractivity contribution in [2.24, 2.45) is 5.92 Å². The Balaban J connectivity index is 3.38. The molecule has 0 heterocycles. The fourth-order valence-corrected chi connectivity index (χ4v) is 0.995. The summed E-state index contributed by atoms with van der Waals surface area (Å²) in [5.74, 6) is 0.273. The highest BCUT2D eigenvalue weighted by Gasteiger charge is 2.12. The maximum absolute atomic E-state index is 9.46. The van der Waals surface area contributed by atoms with Gasteiger partial charge in [-0.1, -0.05) is 20.3 Å². The molecular formula is C9H20O2. The van der Waals surface area contributed by atoms with Crippen LogP contribution in [0.25, 0.3) is 0 Å². The molecule has 11 heavy (non-hydrogen) atoms. The van der Waals surface area contributed by atoms with Gasteiger partial charge in [0.2, 0.25) is 0 Å². The molecule has 0 saturated carbocycles. The van der Waals surface area contributed by atoms with E-state index in [-0.39, 0.29) is 12.0 Å². The van der Waals surface area contributed by atoms with E-state index < -0.39 is 0 Å². The molecule has 2 heteroatoms. The number of aliphatic hydroxyl groups is 1. The van der Waals surface area contributed by atoms with E-state index in [9.17, 15) is 5.11 Å². The van der Waals surface area contributed by atoms with E-state index in [1.165, 1.54) is 0 Å². The molecule has 0 aliphatic heterocycles. The van der Waals surface area contributed by atoms with Gasteiger partial charge in [-0.25, -0.2) is 0 Å². The Morgan fingerprint density at radius 3 is 2.45 bits per heavy atom. The lowest BCUT2D eigenvalue weighted by Gasteiger charge is -2.17. The zero-order valence-electron chi connectivity index (χ0n) is 7.84. The minimum Gasteiger partial charge on any atom is -0.393 e. The van der Waals surface area contributed by atoms with Gasteiger partial charge in [0.05, 0.1) is 12.7 Å². The number of aliphatic hydroxyl groups excluding tert-OH is 1. The summed E-state index contributed by atoms with van der Waals surface area (Å²) in [6.07, 6.45) is 1.73. The predicted molar refractivity (Wildman–Crippen MR) is 46.6 cm³/mol. The average molecular weight is 160 g/mol. The van der Waals surface area contributed by atoms with E-state index in [0.29, 0.717) is 6.61 Å². The predicted octanol–water partition coefficient (Wildman–Crippen LogP) is 1.82. The maximum Gasteiger partial charge on any atom is 0.0587 e. The summed E-state index contributed by atoms with van der Waals surface area (Å²) in [4.78, 5) is 0. The summed E-state index contributed by atoms with van der Waals surface area (Å²) in [5.41, 5.74) is 0. The largest absolute Gasteiger partial charge is 0.393 e. The van der Waals surface area contributed by atoms with Gasteiger partial charge in [-0.05, 0) is 13.3 Å². The fraction of sp³-hybridized carbons (Fsp3) is 1.00. The minimum atomic E-state index is -0.188. The van der Waals surface area contributed by atoms with Crippen molar-refractivity contribution in [1.82, 2.24) is 0 Å². The molecule has 2 unspecified atom stereocenters. The number of hydrogen-bond acceptors (Lipinski definition) is 2. The van der Waals surface area contributed by atoms with Crippen LogP contribution in [0.3, 0.4) is 0 Å². The molecule has 0 aliphatic carbocycles. The van der Waals surface area contributed by atoms with Crippen molar-refractivity contribution in [2.45, 2.75) is 39.7 Å². The van der Waals surface area contributed by atoms with E-state index >= 15 is 0 Å². The lowest BCUT2D eigenvalue weighted by molar-refractivity contribution is 0.0361. The van der Waals surface area contributed by atoms with Crippen molar-refractivity contribution in [3.63, 3.8) is 0 Å². The van der Waals surface area contributed by atoms with Gasteiger partial charge in [0.25, 0.3) is 0 Å². The Morgan fingerprint density at radius 2 is 2.00 bits per heavy atom. The molecule has 0 bridgehead atoms. The lowest BCUT2D eigenvalue weighted by atomic mass is 10.0. The second kappa shape index (κ2) is 6.62. The number of hydrogen-bond donors (Lipinski definition) is 1. The summed E-state index contributed by atoms with van der Waals surface area (Å²) in [5, 5.41) is 9.46. The summed E-state index contributed by atoms with van der Waals surface area (Å²) in [7, 11) is 0. The first-order chi connectivity index (χ1) is 5.22. The SMILES string of the molecule is CCCC(O)C(C)COCC. The first kappa shape index (κ1) is 10.9. The van der Waals surface area contributed by atoms with Gasteiger partial charge in [0, 0.05) is 12.5 Å².